The van der Waals surface area contributed by atoms with Crippen molar-refractivity contribution < 1.29 is 23.6 Å². The first kappa shape index (κ1) is 23.4. The fourth-order valence-corrected chi connectivity index (χ4v) is 4.11. The number of amides is 1. The van der Waals surface area contributed by atoms with Crippen LogP contribution in [0.2, 0.25) is 0 Å². The number of rotatable bonds is 9. The van der Waals surface area contributed by atoms with Crippen molar-refractivity contribution in [3.63, 3.8) is 0 Å². The SMILES string of the molecule is NOC(=O)CCc1ccc(OCc2cccc3c2N(C(=O)CCc2cccnc2)CC3)cc1F. The lowest BCUT2D eigenvalue weighted by atomic mass is 10.1. The molecule has 0 aliphatic carbocycles. The van der Waals surface area contributed by atoms with Gasteiger partial charge in [-0.3, -0.25) is 14.6 Å². The lowest BCUT2D eigenvalue weighted by Crippen LogP contribution is -2.30. The molecule has 0 spiro atoms. The first-order chi connectivity index (χ1) is 16.5. The molecule has 2 aromatic carbocycles. The van der Waals surface area contributed by atoms with E-state index < -0.39 is 11.8 Å². The molecule has 176 valence electrons. The number of halogens is 1. The summed E-state index contributed by atoms with van der Waals surface area (Å²) in [6.45, 7) is 0.834. The molecule has 1 aliphatic heterocycles. The van der Waals surface area contributed by atoms with E-state index in [0.29, 0.717) is 30.7 Å². The van der Waals surface area contributed by atoms with E-state index in [4.69, 9.17) is 10.6 Å². The Morgan fingerprint density at radius 1 is 1.06 bits per heavy atom. The van der Waals surface area contributed by atoms with Gasteiger partial charge in [0.05, 0.1) is 12.1 Å². The highest BCUT2D eigenvalue weighted by Crippen LogP contribution is 2.33. The number of pyridine rings is 1. The van der Waals surface area contributed by atoms with Crippen LogP contribution in [0.25, 0.3) is 0 Å². The van der Waals surface area contributed by atoms with Gasteiger partial charge in [-0.25, -0.2) is 4.39 Å². The number of hydrogen-bond acceptors (Lipinski definition) is 6. The maximum atomic E-state index is 14.4. The van der Waals surface area contributed by atoms with Crippen LogP contribution in [0.3, 0.4) is 0 Å². The Morgan fingerprint density at radius 2 is 1.94 bits per heavy atom. The summed E-state index contributed by atoms with van der Waals surface area (Å²) in [6, 6.07) is 14.3. The minimum Gasteiger partial charge on any atom is -0.489 e. The summed E-state index contributed by atoms with van der Waals surface area (Å²) in [5.41, 5.74) is 4.26. The maximum absolute atomic E-state index is 14.4. The predicted octanol–water partition coefficient (Wildman–Crippen LogP) is 3.67. The second-order valence-electron chi connectivity index (χ2n) is 8.11. The summed E-state index contributed by atoms with van der Waals surface area (Å²) in [4.78, 5) is 34.2. The molecule has 0 atom stereocenters. The van der Waals surface area contributed by atoms with Crippen LogP contribution in [0.15, 0.2) is 60.9 Å². The first-order valence-corrected chi connectivity index (χ1v) is 11.2. The van der Waals surface area contributed by atoms with Gasteiger partial charge in [0.25, 0.3) is 0 Å². The Balaban J connectivity index is 1.41. The van der Waals surface area contributed by atoms with Crippen LogP contribution < -0.4 is 15.5 Å². The van der Waals surface area contributed by atoms with E-state index in [0.717, 1.165) is 28.8 Å². The van der Waals surface area contributed by atoms with Crippen molar-refractivity contribution in [1.82, 2.24) is 4.98 Å². The molecule has 0 radical (unpaired) electrons. The molecule has 7 nitrogen and oxygen atoms in total. The number of aryl methyl sites for hydroxylation is 2. The number of carbonyl (C=O) groups is 2. The van der Waals surface area contributed by atoms with Crippen LogP contribution >= 0.6 is 0 Å². The highest BCUT2D eigenvalue weighted by atomic mass is 19.1. The zero-order chi connectivity index (χ0) is 23.9. The smallest absolute Gasteiger partial charge is 0.324 e. The molecule has 2 heterocycles. The van der Waals surface area contributed by atoms with Crippen LogP contribution in [-0.2, 0) is 40.3 Å². The number of nitrogens with zero attached hydrogens (tertiary/aromatic N) is 2. The molecular weight excluding hydrogens is 437 g/mol. The van der Waals surface area contributed by atoms with Gasteiger partial charge in [0.1, 0.15) is 18.2 Å². The number of fused-ring (bicyclic) bond motifs is 1. The second-order valence-corrected chi connectivity index (χ2v) is 8.11. The monoisotopic (exact) mass is 463 g/mol. The summed E-state index contributed by atoms with van der Waals surface area (Å²) < 4.78 is 20.3. The van der Waals surface area contributed by atoms with Gasteiger partial charge < -0.3 is 14.5 Å². The fourth-order valence-electron chi connectivity index (χ4n) is 4.11. The lowest BCUT2D eigenvalue weighted by Gasteiger charge is -2.21. The average Bonchev–Trinajstić information content (AvgIpc) is 3.31. The average molecular weight is 464 g/mol. The molecule has 4 rings (SSSR count). The Hall–Kier alpha value is -3.78. The van der Waals surface area contributed by atoms with Crippen molar-refractivity contribution in [2.45, 2.75) is 38.7 Å². The molecular formula is C26H26FN3O4. The Bertz CT molecular complexity index is 1170. The maximum Gasteiger partial charge on any atom is 0.324 e. The van der Waals surface area contributed by atoms with E-state index in [2.05, 4.69) is 9.82 Å². The van der Waals surface area contributed by atoms with Crippen molar-refractivity contribution in [3.05, 3.63) is 89.0 Å². The van der Waals surface area contributed by atoms with E-state index in [1.165, 1.54) is 6.07 Å². The van der Waals surface area contributed by atoms with E-state index in [1.807, 2.05) is 35.2 Å². The van der Waals surface area contributed by atoms with Gasteiger partial charge in [0.2, 0.25) is 5.91 Å². The molecule has 1 aliphatic rings. The standard InChI is InChI=1S/C26H26FN3O4/c27-23-15-22(9-7-19(23)8-11-25(32)34-28)33-17-21-5-1-4-20-12-14-30(26(20)21)24(31)10-6-18-3-2-13-29-16-18/h1-5,7,9,13,15-16H,6,8,10-12,14,17,28H2. The van der Waals surface area contributed by atoms with Crippen molar-refractivity contribution in [3.8, 4) is 5.75 Å². The number of hydrogen-bond donors (Lipinski definition) is 1. The van der Waals surface area contributed by atoms with E-state index in [1.54, 1.807) is 24.5 Å². The third-order valence-electron chi connectivity index (χ3n) is 5.88. The van der Waals surface area contributed by atoms with Gasteiger partial charge in [0, 0.05) is 37.0 Å². The number of nitrogens with two attached hydrogens (primary N) is 1. The molecule has 0 fully saturated rings. The lowest BCUT2D eigenvalue weighted by molar-refractivity contribution is -0.144. The summed E-state index contributed by atoms with van der Waals surface area (Å²) >= 11 is 0. The van der Waals surface area contributed by atoms with Crippen LogP contribution in [0.5, 0.6) is 5.75 Å². The summed E-state index contributed by atoms with van der Waals surface area (Å²) in [5.74, 6) is 4.17. The highest BCUT2D eigenvalue weighted by Gasteiger charge is 2.27. The molecule has 1 amide bonds. The molecule has 0 saturated carbocycles. The largest absolute Gasteiger partial charge is 0.489 e. The third-order valence-corrected chi connectivity index (χ3v) is 5.88. The molecule has 34 heavy (non-hydrogen) atoms. The Morgan fingerprint density at radius 3 is 2.71 bits per heavy atom. The zero-order valence-electron chi connectivity index (χ0n) is 18.7. The molecule has 0 saturated heterocycles. The highest BCUT2D eigenvalue weighted by molar-refractivity contribution is 5.96. The van der Waals surface area contributed by atoms with Gasteiger partial charge in [-0.15, -0.1) is 0 Å². The van der Waals surface area contributed by atoms with Gasteiger partial charge in [-0.1, -0.05) is 30.3 Å². The van der Waals surface area contributed by atoms with Crippen LogP contribution in [0, 0.1) is 5.82 Å². The number of carbonyl (C=O) groups excluding carboxylic acids is 2. The number of benzene rings is 2. The van der Waals surface area contributed by atoms with Gasteiger partial charge >= 0.3 is 5.97 Å². The molecule has 0 unspecified atom stereocenters. The molecule has 2 N–H and O–H groups in total. The van der Waals surface area contributed by atoms with E-state index in [9.17, 15) is 14.0 Å². The Kier molecular flexibility index (Phi) is 7.49. The van der Waals surface area contributed by atoms with Gasteiger partial charge in [0.15, 0.2) is 0 Å². The van der Waals surface area contributed by atoms with Crippen molar-refractivity contribution in [2.24, 2.45) is 5.90 Å². The van der Waals surface area contributed by atoms with Crippen LogP contribution in [0.1, 0.15) is 35.1 Å². The topological polar surface area (TPSA) is 94.7 Å². The van der Waals surface area contributed by atoms with Crippen molar-refractivity contribution >= 4 is 17.6 Å². The minimum atomic E-state index is -0.600. The van der Waals surface area contributed by atoms with Crippen molar-refractivity contribution in [1.29, 1.82) is 0 Å². The van der Waals surface area contributed by atoms with Crippen LogP contribution in [-0.4, -0.2) is 23.4 Å². The summed E-state index contributed by atoms with van der Waals surface area (Å²) in [5, 5.41) is 0. The van der Waals surface area contributed by atoms with Gasteiger partial charge in [-0.2, -0.15) is 5.90 Å². The van der Waals surface area contributed by atoms with Crippen LogP contribution in [0.4, 0.5) is 10.1 Å². The minimum absolute atomic E-state index is 0.00553. The molecule has 1 aromatic heterocycles. The predicted molar refractivity (Wildman–Crippen MR) is 124 cm³/mol. The number of anilines is 1. The quantitative estimate of drug-likeness (QED) is 0.487. The first-order valence-electron chi connectivity index (χ1n) is 11.2. The van der Waals surface area contributed by atoms with E-state index >= 15 is 0 Å². The number of aromatic nitrogens is 1. The normalized spacial score (nSPS) is 12.4. The zero-order valence-corrected chi connectivity index (χ0v) is 18.7. The third kappa shape index (κ3) is 5.58. The number of ether oxygens (including phenoxy) is 1. The summed E-state index contributed by atoms with van der Waals surface area (Å²) in [7, 11) is 0. The molecule has 3 aromatic rings. The molecule has 8 heteroatoms. The Labute approximate surface area is 197 Å². The van der Waals surface area contributed by atoms with Crippen molar-refractivity contribution in [2.75, 3.05) is 11.4 Å². The molecule has 0 bridgehead atoms. The summed E-state index contributed by atoms with van der Waals surface area (Å²) in [6.07, 6.45) is 5.48. The number of para-hydroxylation sites is 1. The van der Waals surface area contributed by atoms with E-state index in [-0.39, 0.29) is 25.4 Å². The fraction of sp³-hybridized carbons (Fsp3) is 0.269. The second kappa shape index (κ2) is 10.9. The van der Waals surface area contributed by atoms with Gasteiger partial charge in [-0.05, 0) is 48.1 Å².